The van der Waals surface area contributed by atoms with E-state index < -0.39 is 12.0 Å². The molecule has 0 spiro atoms. The lowest BCUT2D eigenvalue weighted by Crippen LogP contribution is -2.18. The van der Waals surface area contributed by atoms with Crippen LogP contribution < -0.4 is 0 Å². The highest BCUT2D eigenvalue weighted by Gasteiger charge is 2.26. The Labute approximate surface area is 94.7 Å². The second-order valence-corrected chi connectivity index (χ2v) is 3.93. The smallest absolute Gasteiger partial charge is 0.332 e. The Kier molecular flexibility index (Phi) is 2.73. The van der Waals surface area contributed by atoms with Gasteiger partial charge in [0.25, 0.3) is 0 Å². The van der Waals surface area contributed by atoms with Crippen LogP contribution in [-0.4, -0.2) is 29.6 Å². The van der Waals surface area contributed by atoms with E-state index in [4.69, 9.17) is 9.84 Å². The van der Waals surface area contributed by atoms with Crippen molar-refractivity contribution in [3.8, 4) is 0 Å². The molecule has 1 atom stereocenters. The SMILES string of the molecule is O=C(O)C1COC(c2ccccc2Br)=N1. The van der Waals surface area contributed by atoms with Crippen molar-refractivity contribution in [1.29, 1.82) is 0 Å². The molecule has 0 saturated carbocycles. The topological polar surface area (TPSA) is 58.9 Å². The number of carboxylic acids is 1. The van der Waals surface area contributed by atoms with Crippen LogP contribution in [0.1, 0.15) is 5.56 Å². The summed E-state index contributed by atoms with van der Waals surface area (Å²) in [6, 6.07) is 6.62. The number of carboxylic acid groups (broad SMARTS) is 1. The van der Waals surface area contributed by atoms with Crippen LogP contribution in [0, 0.1) is 0 Å². The molecule has 1 aliphatic rings. The zero-order valence-corrected chi connectivity index (χ0v) is 9.27. The fraction of sp³-hybridized carbons (Fsp3) is 0.200. The van der Waals surface area contributed by atoms with Crippen LogP contribution in [0.15, 0.2) is 33.7 Å². The Morgan fingerprint density at radius 1 is 1.53 bits per heavy atom. The third-order valence-corrected chi connectivity index (χ3v) is 2.73. The minimum Gasteiger partial charge on any atom is -0.480 e. The lowest BCUT2D eigenvalue weighted by atomic mass is 10.2. The van der Waals surface area contributed by atoms with Gasteiger partial charge in [-0.25, -0.2) is 9.79 Å². The van der Waals surface area contributed by atoms with E-state index in [0.29, 0.717) is 5.90 Å². The van der Waals surface area contributed by atoms with Gasteiger partial charge >= 0.3 is 5.97 Å². The maximum atomic E-state index is 10.7. The predicted molar refractivity (Wildman–Crippen MR) is 58.1 cm³/mol. The van der Waals surface area contributed by atoms with Gasteiger partial charge in [-0.3, -0.25) is 0 Å². The number of halogens is 1. The molecule has 0 amide bonds. The van der Waals surface area contributed by atoms with E-state index >= 15 is 0 Å². The van der Waals surface area contributed by atoms with Gasteiger partial charge in [-0.15, -0.1) is 0 Å². The molecule has 0 fully saturated rings. The summed E-state index contributed by atoms with van der Waals surface area (Å²) in [4.78, 5) is 14.6. The normalized spacial score (nSPS) is 19.5. The molecule has 2 rings (SSSR count). The molecule has 1 unspecified atom stereocenters. The Morgan fingerprint density at radius 2 is 2.27 bits per heavy atom. The molecule has 1 aromatic rings. The molecule has 1 N–H and O–H groups in total. The minimum atomic E-state index is -0.961. The summed E-state index contributed by atoms with van der Waals surface area (Å²) in [6.07, 6.45) is 0. The average molecular weight is 270 g/mol. The zero-order chi connectivity index (χ0) is 10.8. The number of hydrogen-bond acceptors (Lipinski definition) is 3. The molecule has 4 nitrogen and oxygen atoms in total. The van der Waals surface area contributed by atoms with Gasteiger partial charge in [-0.1, -0.05) is 12.1 Å². The number of aliphatic carboxylic acids is 1. The first kappa shape index (κ1) is 10.2. The Bertz CT molecular complexity index is 430. The summed E-state index contributed by atoms with van der Waals surface area (Å²) in [5, 5.41) is 8.75. The van der Waals surface area contributed by atoms with Crippen molar-refractivity contribution in [1.82, 2.24) is 0 Å². The highest BCUT2D eigenvalue weighted by molar-refractivity contribution is 9.10. The monoisotopic (exact) mass is 269 g/mol. The number of carbonyl (C=O) groups is 1. The molecule has 0 aliphatic carbocycles. The van der Waals surface area contributed by atoms with Crippen LogP contribution in [0.2, 0.25) is 0 Å². The van der Waals surface area contributed by atoms with Gasteiger partial charge in [-0.2, -0.15) is 0 Å². The van der Waals surface area contributed by atoms with E-state index in [2.05, 4.69) is 20.9 Å². The molecule has 5 heteroatoms. The maximum absolute atomic E-state index is 10.7. The van der Waals surface area contributed by atoms with Gasteiger partial charge in [0, 0.05) is 4.47 Å². The maximum Gasteiger partial charge on any atom is 0.332 e. The van der Waals surface area contributed by atoms with Crippen LogP contribution in [0.25, 0.3) is 0 Å². The molecular formula is C10H8BrNO3. The summed E-state index contributed by atoms with van der Waals surface area (Å²) >= 11 is 3.35. The molecule has 1 heterocycles. The van der Waals surface area contributed by atoms with Crippen molar-refractivity contribution >= 4 is 27.8 Å². The van der Waals surface area contributed by atoms with Crippen molar-refractivity contribution in [2.45, 2.75) is 6.04 Å². The molecule has 1 aromatic carbocycles. The Morgan fingerprint density at radius 3 is 2.87 bits per heavy atom. The molecule has 78 valence electrons. The first-order valence-corrected chi connectivity index (χ1v) is 5.16. The molecule has 1 aliphatic heterocycles. The van der Waals surface area contributed by atoms with E-state index in [1.54, 1.807) is 0 Å². The standard InChI is InChI=1S/C10H8BrNO3/c11-7-4-2-1-3-6(7)9-12-8(5-15-9)10(13)14/h1-4,8H,5H2,(H,13,14). The van der Waals surface area contributed by atoms with Crippen LogP contribution >= 0.6 is 15.9 Å². The largest absolute Gasteiger partial charge is 0.480 e. The molecule has 0 bridgehead atoms. The first-order valence-electron chi connectivity index (χ1n) is 4.37. The average Bonchev–Trinajstić information content (AvgIpc) is 2.67. The Balaban J connectivity index is 2.30. The highest BCUT2D eigenvalue weighted by Crippen LogP contribution is 2.20. The Hall–Kier alpha value is -1.36. The second kappa shape index (κ2) is 4.02. The van der Waals surface area contributed by atoms with E-state index in [-0.39, 0.29) is 6.61 Å². The molecule has 0 aromatic heterocycles. The number of ether oxygens (including phenoxy) is 1. The first-order chi connectivity index (χ1) is 7.18. The lowest BCUT2D eigenvalue weighted by molar-refractivity contribution is -0.138. The number of rotatable bonds is 2. The third-order valence-electron chi connectivity index (χ3n) is 2.04. The van der Waals surface area contributed by atoms with Gasteiger partial charge in [0.2, 0.25) is 5.90 Å². The summed E-state index contributed by atoms with van der Waals surface area (Å²) in [6.45, 7) is 0.103. The van der Waals surface area contributed by atoms with Gasteiger partial charge < -0.3 is 9.84 Å². The predicted octanol–water partition coefficient (Wildman–Crippen LogP) is 1.68. The second-order valence-electron chi connectivity index (χ2n) is 3.08. The number of benzene rings is 1. The van der Waals surface area contributed by atoms with Crippen molar-refractivity contribution in [3.63, 3.8) is 0 Å². The molecule has 0 saturated heterocycles. The number of nitrogens with zero attached hydrogens (tertiary/aromatic N) is 1. The van der Waals surface area contributed by atoms with Gasteiger partial charge in [0.05, 0.1) is 5.56 Å². The summed E-state index contributed by atoms with van der Waals surface area (Å²) in [7, 11) is 0. The van der Waals surface area contributed by atoms with Crippen LogP contribution in [-0.2, 0) is 9.53 Å². The van der Waals surface area contributed by atoms with Gasteiger partial charge in [0.15, 0.2) is 6.04 Å². The summed E-state index contributed by atoms with van der Waals surface area (Å²) in [5.74, 6) is -0.577. The fourth-order valence-electron chi connectivity index (χ4n) is 1.28. The lowest BCUT2D eigenvalue weighted by Gasteiger charge is -2.02. The summed E-state index contributed by atoms with van der Waals surface area (Å²) in [5.41, 5.74) is 0.779. The molecule has 0 radical (unpaired) electrons. The van der Waals surface area contributed by atoms with E-state index in [1.165, 1.54) is 0 Å². The van der Waals surface area contributed by atoms with Gasteiger partial charge in [0.1, 0.15) is 6.61 Å². The third kappa shape index (κ3) is 2.02. The van der Waals surface area contributed by atoms with Crippen molar-refractivity contribution in [2.75, 3.05) is 6.61 Å². The van der Waals surface area contributed by atoms with Crippen LogP contribution in [0.5, 0.6) is 0 Å². The number of hydrogen-bond donors (Lipinski definition) is 1. The quantitative estimate of drug-likeness (QED) is 0.889. The van der Waals surface area contributed by atoms with E-state index in [0.717, 1.165) is 10.0 Å². The summed E-state index contributed by atoms with van der Waals surface area (Å²) < 4.78 is 6.08. The van der Waals surface area contributed by atoms with Crippen molar-refractivity contribution in [3.05, 3.63) is 34.3 Å². The van der Waals surface area contributed by atoms with E-state index in [9.17, 15) is 4.79 Å². The molecular weight excluding hydrogens is 262 g/mol. The fourth-order valence-corrected chi connectivity index (χ4v) is 1.74. The van der Waals surface area contributed by atoms with Crippen LogP contribution in [0.4, 0.5) is 0 Å². The minimum absolute atomic E-state index is 0.103. The highest BCUT2D eigenvalue weighted by atomic mass is 79.9. The molecule has 15 heavy (non-hydrogen) atoms. The van der Waals surface area contributed by atoms with E-state index in [1.807, 2.05) is 24.3 Å². The van der Waals surface area contributed by atoms with Crippen molar-refractivity contribution < 1.29 is 14.6 Å². The number of aliphatic imine (C=N–C) groups is 1. The van der Waals surface area contributed by atoms with Crippen LogP contribution in [0.3, 0.4) is 0 Å². The zero-order valence-electron chi connectivity index (χ0n) is 7.68. The van der Waals surface area contributed by atoms with Gasteiger partial charge in [-0.05, 0) is 28.1 Å². The van der Waals surface area contributed by atoms with Crippen molar-refractivity contribution in [2.24, 2.45) is 4.99 Å².